The van der Waals surface area contributed by atoms with Gasteiger partial charge >= 0.3 is 0 Å². The van der Waals surface area contributed by atoms with Crippen LogP contribution in [-0.2, 0) is 22.0 Å². The van der Waals surface area contributed by atoms with Crippen LogP contribution in [0.3, 0.4) is 0 Å². The van der Waals surface area contributed by atoms with Crippen LogP contribution in [0.25, 0.3) is 0 Å². The lowest BCUT2D eigenvalue weighted by molar-refractivity contribution is 0.0846. The number of carbonyl (C=O) groups is 2. The van der Waals surface area contributed by atoms with E-state index in [1.54, 1.807) is 54.6 Å². The molecule has 7 heteroatoms. The molecule has 0 unspecified atom stereocenters. The maximum atomic E-state index is 12.4. The minimum absolute atomic E-state index is 0.163. The minimum atomic E-state index is -3.46. The zero-order valence-electron chi connectivity index (χ0n) is 16.5. The molecule has 6 nitrogen and oxygen atoms in total. The standard InChI is InChI=1S/C23H22N2O4S/c1-2-17-8-12-19(13-9-17)22(26)24-25-23(27)20-14-10-18(11-15-20)16-30(28,29)21-6-4-3-5-7-21/h3-15H,2,16H2,1H3,(H,24,26)(H,25,27). The molecular formula is C23H22N2O4S. The average Bonchev–Trinajstić information content (AvgIpc) is 2.78. The fourth-order valence-electron chi connectivity index (χ4n) is 2.83. The molecule has 30 heavy (non-hydrogen) atoms. The van der Waals surface area contributed by atoms with Crippen LogP contribution in [0.4, 0.5) is 0 Å². The maximum Gasteiger partial charge on any atom is 0.269 e. The van der Waals surface area contributed by atoms with E-state index in [0.717, 1.165) is 12.0 Å². The molecular weight excluding hydrogens is 400 g/mol. The first kappa shape index (κ1) is 21.3. The number of carbonyl (C=O) groups excluding carboxylic acids is 2. The monoisotopic (exact) mass is 422 g/mol. The Labute approximate surface area is 175 Å². The summed E-state index contributed by atoms with van der Waals surface area (Å²) < 4.78 is 24.9. The Morgan fingerprint density at radius 1 is 0.700 bits per heavy atom. The average molecular weight is 423 g/mol. The molecule has 0 heterocycles. The highest BCUT2D eigenvalue weighted by Gasteiger charge is 2.15. The van der Waals surface area contributed by atoms with Crippen LogP contribution < -0.4 is 10.9 Å². The van der Waals surface area contributed by atoms with Gasteiger partial charge in [0.1, 0.15) is 0 Å². The van der Waals surface area contributed by atoms with Crippen LogP contribution in [0, 0.1) is 0 Å². The molecule has 2 N–H and O–H groups in total. The summed E-state index contributed by atoms with van der Waals surface area (Å²) in [5, 5.41) is 0. The molecule has 2 amide bonds. The third-order valence-electron chi connectivity index (χ3n) is 4.59. The van der Waals surface area contributed by atoms with E-state index in [2.05, 4.69) is 10.9 Å². The summed E-state index contributed by atoms with van der Waals surface area (Å²) in [4.78, 5) is 24.6. The SMILES string of the molecule is CCc1ccc(C(=O)NNC(=O)c2ccc(CS(=O)(=O)c3ccccc3)cc2)cc1. The van der Waals surface area contributed by atoms with E-state index in [9.17, 15) is 18.0 Å². The number of sulfone groups is 1. The lowest BCUT2D eigenvalue weighted by atomic mass is 10.1. The number of nitrogens with one attached hydrogen (secondary N) is 2. The molecule has 0 aliphatic heterocycles. The molecule has 0 aliphatic rings. The molecule has 0 atom stereocenters. The van der Waals surface area contributed by atoms with Gasteiger partial charge in [-0.2, -0.15) is 0 Å². The van der Waals surface area contributed by atoms with Gasteiger partial charge in [0, 0.05) is 11.1 Å². The summed E-state index contributed by atoms with van der Waals surface area (Å²) >= 11 is 0. The van der Waals surface area contributed by atoms with Crippen molar-refractivity contribution < 1.29 is 18.0 Å². The molecule has 3 aromatic rings. The number of hydrazine groups is 1. The minimum Gasteiger partial charge on any atom is -0.267 e. The molecule has 0 aliphatic carbocycles. The Kier molecular flexibility index (Phi) is 6.64. The van der Waals surface area contributed by atoms with Crippen molar-refractivity contribution in [2.24, 2.45) is 0 Å². The highest BCUT2D eigenvalue weighted by Crippen LogP contribution is 2.16. The largest absolute Gasteiger partial charge is 0.269 e. The number of amides is 2. The van der Waals surface area contributed by atoms with Crippen molar-refractivity contribution in [1.82, 2.24) is 10.9 Å². The summed E-state index contributed by atoms with van der Waals surface area (Å²) in [5.41, 5.74) is 7.16. The molecule has 3 rings (SSSR count). The van der Waals surface area contributed by atoms with E-state index < -0.39 is 21.7 Å². The summed E-state index contributed by atoms with van der Waals surface area (Å²) in [5.74, 6) is -1.08. The summed E-state index contributed by atoms with van der Waals surface area (Å²) in [7, 11) is -3.46. The van der Waals surface area contributed by atoms with E-state index in [4.69, 9.17) is 0 Å². The Hall–Kier alpha value is -3.45. The van der Waals surface area contributed by atoms with Gasteiger partial charge in [-0.05, 0) is 53.9 Å². The molecule has 0 saturated heterocycles. The second kappa shape index (κ2) is 9.37. The summed E-state index contributed by atoms with van der Waals surface area (Å²) in [6.45, 7) is 2.03. The topological polar surface area (TPSA) is 92.3 Å². The normalized spacial score (nSPS) is 11.0. The maximum absolute atomic E-state index is 12.4. The number of benzene rings is 3. The Morgan fingerprint density at radius 2 is 1.17 bits per heavy atom. The number of rotatable bonds is 6. The van der Waals surface area contributed by atoms with Gasteiger partial charge in [-0.25, -0.2) is 8.42 Å². The molecule has 0 saturated carbocycles. The van der Waals surface area contributed by atoms with Gasteiger partial charge in [-0.1, -0.05) is 49.4 Å². The Morgan fingerprint density at radius 3 is 1.63 bits per heavy atom. The first-order chi connectivity index (χ1) is 14.4. The fourth-order valence-corrected chi connectivity index (χ4v) is 4.20. The Balaban J connectivity index is 1.59. The third kappa shape index (κ3) is 5.33. The number of hydrogen-bond acceptors (Lipinski definition) is 4. The summed E-state index contributed by atoms with van der Waals surface area (Å²) in [6, 6.07) is 21.5. The zero-order chi connectivity index (χ0) is 21.6. The van der Waals surface area contributed by atoms with E-state index >= 15 is 0 Å². The summed E-state index contributed by atoms with van der Waals surface area (Å²) in [6.07, 6.45) is 0.876. The smallest absolute Gasteiger partial charge is 0.267 e. The van der Waals surface area contributed by atoms with E-state index in [1.807, 2.05) is 19.1 Å². The predicted octanol–water partition coefficient (Wildman–Crippen LogP) is 3.30. The molecule has 0 bridgehead atoms. The van der Waals surface area contributed by atoms with Crippen LogP contribution in [-0.4, -0.2) is 20.2 Å². The highest BCUT2D eigenvalue weighted by atomic mass is 32.2. The predicted molar refractivity (Wildman–Crippen MR) is 115 cm³/mol. The van der Waals surface area contributed by atoms with Gasteiger partial charge in [0.05, 0.1) is 10.6 Å². The van der Waals surface area contributed by atoms with Crippen molar-refractivity contribution in [2.75, 3.05) is 0 Å². The van der Waals surface area contributed by atoms with Crippen LogP contribution in [0.2, 0.25) is 0 Å². The van der Waals surface area contributed by atoms with Gasteiger partial charge in [0.15, 0.2) is 9.84 Å². The van der Waals surface area contributed by atoms with Crippen LogP contribution in [0.5, 0.6) is 0 Å². The lowest BCUT2D eigenvalue weighted by Crippen LogP contribution is -2.41. The van der Waals surface area contributed by atoms with Gasteiger partial charge in [-0.3, -0.25) is 20.4 Å². The molecule has 0 fully saturated rings. The van der Waals surface area contributed by atoms with Gasteiger partial charge in [0.2, 0.25) is 0 Å². The molecule has 154 valence electrons. The molecule has 3 aromatic carbocycles. The molecule has 0 radical (unpaired) electrons. The van der Waals surface area contributed by atoms with Crippen molar-refractivity contribution in [3.63, 3.8) is 0 Å². The van der Waals surface area contributed by atoms with Crippen molar-refractivity contribution in [2.45, 2.75) is 24.0 Å². The first-order valence-electron chi connectivity index (χ1n) is 9.45. The second-order valence-corrected chi connectivity index (χ2v) is 8.72. The Bertz CT molecular complexity index is 1120. The van der Waals surface area contributed by atoms with E-state index in [-0.39, 0.29) is 10.6 Å². The van der Waals surface area contributed by atoms with Gasteiger partial charge in [0.25, 0.3) is 11.8 Å². The van der Waals surface area contributed by atoms with E-state index in [1.165, 1.54) is 12.1 Å². The number of hydrogen-bond donors (Lipinski definition) is 2. The van der Waals surface area contributed by atoms with Crippen LogP contribution in [0.15, 0.2) is 83.8 Å². The van der Waals surface area contributed by atoms with Gasteiger partial charge < -0.3 is 0 Å². The van der Waals surface area contributed by atoms with Crippen molar-refractivity contribution in [3.8, 4) is 0 Å². The first-order valence-corrected chi connectivity index (χ1v) is 11.1. The second-order valence-electron chi connectivity index (χ2n) is 6.73. The molecule has 0 aromatic heterocycles. The zero-order valence-corrected chi connectivity index (χ0v) is 17.3. The highest BCUT2D eigenvalue weighted by molar-refractivity contribution is 7.90. The quantitative estimate of drug-likeness (QED) is 0.596. The van der Waals surface area contributed by atoms with Crippen molar-refractivity contribution >= 4 is 21.7 Å². The number of aryl methyl sites for hydroxylation is 1. The van der Waals surface area contributed by atoms with Crippen molar-refractivity contribution in [1.29, 1.82) is 0 Å². The van der Waals surface area contributed by atoms with E-state index in [0.29, 0.717) is 16.7 Å². The fraction of sp³-hybridized carbons (Fsp3) is 0.130. The van der Waals surface area contributed by atoms with Gasteiger partial charge in [-0.15, -0.1) is 0 Å². The lowest BCUT2D eigenvalue weighted by Gasteiger charge is -2.09. The molecule has 0 spiro atoms. The van der Waals surface area contributed by atoms with Crippen LogP contribution in [0.1, 0.15) is 38.8 Å². The third-order valence-corrected chi connectivity index (χ3v) is 6.29. The van der Waals surface area contributed by atoms with Crippen LogP contribution >= 0.6 is 0 Å². The van der Waals surface area contributed by atoms with Crippen molar-refractivity contribution in [3.05, 3.63) is 101 Å².